The lowest BCUT2D eigenvalue weighted by molar-refractivity contribution is 0.277. The van der Waals surface area contributed by atoms with Crippen LogP contribution in [0, 0.1) is 0 Å². The molecule has 0 amide bonds. The van der Waals surface area contributed by atoms with Crippen molar-refractivity contribution in [3.63, 3.8) is 0 Å². The van der Waals surface area contributed by atoms with Crippen molar-refractivity contribution in [3.8, 4) is 0 Å². The molecule has 0 radical (unpaired) electrons. The van der Waals surface area contributed by atoms with Crippen LogP contribution >= 0.6 is 11.6 Å². The Bertz CT molecular complexity index is 405. The van der Waals surface area contributed by atoms with E-state index in [2.05, 4.69) is 4.90 Å². The molecule has 0 unspecified atom stereocenters. The van der Waals surface area contributed by atoms with Gasteiger partial charge in [-0.05, 0) is 25.0 Å². The zero-order chi connectivity index (χ0) is 13.7. The normalized spacial score (nSPS) is 16.6. The monoisotopic (exact) mass is 283 g/mol. The first kappa shape index (κ1) is 14.6. The Morgan fingerprint density at radius 3 is 2.53 bits per heavy atom. The zero-order valence-corrected chi connectivity index (χ0v) is 11.9. The van der Waals surface area contributed by atoms with E-state index >= 15 is 0 Å². The third kappa shape index (κ3) is 3.41. The van der Waals surface area contributed by atoms with Gasteiger partial charge < -0.3 is 15.1 Å². The van der Waals surface area contributed by atoms with E-state index in [0.29, 0.717) is 17.6 Å². The molecule has 106 valence electrons. The third-order valence-corrected chi connectivity index (χ3v) is 4.27. The molecule has 0 heterocycles. The molecule has 0 aliphatic heterocycles. The highest BCUT2D eigenvalue weighted by molar-refractivity contribution is 6.31. The van der Waals surface area contributed by atoms with Crippen molar-refractivity contribution >= 4 is 17.3 Å². The van der Waals surface area contributed by atoms with Crippen molar-refractivity contribution in [3.05, 3.63) is 28.8 Å². The van der Waals surface area contributed by atoms with Crippen LogP contribution in [0.3, 0.4) is 0 Å². The van der Waals surface area contributed by atoms with Crippen LogP contribution in [0.4, 0.5) is 5.69 Å². The van der Waals surface area contributed by atoms with E-state index in [9.17, 15) is 10.2 Å². The third-order valence-electron chi connectivity index (χ3n) is 3.92. The van der Waals surface area contributed by atoms with Crippen molar-refractivity contribution < 1.29 is 10.2 Å². The van der Waals surface area contributed by atoms with Gasteiger partial charge in [0.05, 0.1) is 13.2 Å². The van der Waals surface area contributed by atoms with Gasteiger partial charge in [0.2, 0.25) is 0 Å². The Morgan fingerprint density at radius 2 is 1.89 bits per heavy atom. The quantitative estimate of drug-likeness (QED) is 0.873. The van der Waals surface area contributed by atoms with Crippen molar-refractivity contribution in [1.82, 2.24) is 0 Å². The van der Waals surface area contributed by atoms with E-state index in [-0.39, 0.29) is 13.2 Å². The Balaban J connectivity index is 2.29. The number of rotatable bonds is 5. The maximum atomic E-state index is 9.54. The average Bonchev–Trinajstić information content (AvgIpc) is 2.45. The summed E-state index contributed by atoms with van der Waals surface area (Å²) in [5.74, 6) is 0. The summed E-state index contributed by atoms with van der Waals surface area (Å²) in [7, 11) is 0. The van der Waals surface area contributed by atoms with Crippen LogP contribution in [0.1, 0.15) is 37.7 Å². The first-order valence-corrected chi connectivity index (χ1v) is 7.41. The number of hydrogen-bond acceptors (Lipinski definition) is 3. The van der Waals surface area contributed by atoms with Crippen LogP contribution < -0.4 is 4.90 Å². The number of nitrogens with zero attached hydrogens (tertiary/aromatic N) is 1. The minimum absolute atomic E-state index is 0.0658. The number of aliphatic hydroxyl groups excluding tert-OH is 2. The molecule has 0 saturated heterocycles. The molecule has 1 aliphatic carbocycles. The Labute approximate surface area is 119 Å². The minimum Gasteiger partial charge on any atom is -0.395 e. The molecular formula is C15H22ClNO2. The number of anilines is 1. The van der Waals surface area contributed by atoms with Gasteiger partial charge in [-0.15, -0.1) is 0 Å². The first-order valence-electron chi connectivity index (χ1n) is 7.03. The van der Waals surface area contributed by atoms with Crippen LogP contribution in [0.15, 0.2) is 18.2 Å². The summed E-state index contributed by atoms with van der Waals surface area (Å²) >= 11 is 6.16. The summed E-state index contributed by atoms with van der Waals surface area (Å²) in [6, 6.07) is 6.14. The van der Waals surface area contributed by atoms with Gasteiger partial charge in [-0.1, -0.05) is 36.9 Å². The maximum absolute atomic E-state index is 9.54. The summed E-state index contributed by atoms with van der Waals surface area (Å²) in [5.41, 5.74) is 1.74. The van der Waals surface area contributed by atoms with Crippen LogP contribution in [-0.2, 0) is 6.61 Å². The molecule has 1 aromatic rings. The second-order valence-corrected chi connectivity index (χ2v) is 5.51. The lowest BCUT2D eigenvalue weighted by Crippen LogP contribution is -2.39. The summed E-state index contributed by atoms with van der Waals surface area (Å²) in [6.45, 7) is 0.648. The van der Waals surface area contributed by atoms with E-state index in [1.54, 1.807) is 6.07 Å². The van der Waals surface area contributed by atoms with Gasteiger partial charge in [0.15, 0.2) is 0 Å². The molecule has 0 bridgehead atoms. The average molecular weight is 284 g/mol. The standard InChI is InChI=1S/C15H22ClNO2/c16-14-7-4-8-15(13(14)11-19)17(9-10-18)12-5-2-1-3-6-12/h4,7-8,12,18-19H,1-3,5-6,9-11H2. The van der Waals surface area contributed by atoms with Crippen LogP contribution in [0.2, 0.25) is 5.02 Å². The number of hydrogen-bond donors (Lipinski definition) is 2. The summed E-state index contributed by atoms with van der Waals surface area (Å²) in [5, 5.41) is 19.5. The fourth-order valence-corrected chi connectivity index (χ4v) is 3.20. The van der Waals surface area contributed by atoms with Gasteiger partial charge in [-0.25, -0.2) is 0 Å². The molecule has 19 heavy (non-hydrogen) atoms. The van der Waals surface area contributed by atoms with E-state index in [1.807, 2.05) is 12.1 Å². The predicted octanol–water partition coefficient (Wildman–Crippen LogP) is 2.96. The first-order chi connectivity index (χ1) is 9.27. The number of benzene rings is 1. The lowest BCUT2D eigenvalue weighted by atomic mass is 9.93. The minimum atomic E-state index is -0.0658. The molecule has 4 heteroatoms. The van der Waals surface area contributed by atoms with E-state index in [1.165, 1.54) is 19.3 Å². The highest BCUT2D eigenvalue weighted by Gasteiger charge is 2.23. The molecule has 0 aromatic heterocycles. The molecule has 1 saturated carbocycles. The zero-order valence-electron chi connectivity index (χ0n) is 11.2. The fraction of sp³-hybridized carbons (Fsp3) is 0.600. The molecule has 3 nitrogen and oxygen atoms in total. The molecule has 2 rings (SSSR count). The Kier molecular flexibility index (Phi) is 5.49. The van der Waals surface area contributed by atoms with E-state index < -0.39 is 0 Å². The maximum Gasteiger partial charge on any atom is 0.0716 e. The summed E-state index contributed by atoms with van der Waals surface area (Å²) in [4.78, 5) is 2.22. The fourth-order valence-electron chi connectivity index (χ4n) is 2.97. The van der Waals surface area contributed by atoms with Crippen LogP contribution in [-0.4, -0.2) is 29.4 Å². The second kappa shape index (κ2) is 7.13. The molecule has 1 aliphatic rings. The Morgan fingerprint density at radius 1 is 1.16 bits per heavy atom. The number of halogens is 1. The summed E-state index contributed by atoms with van der Waals surface area (Å²) < 4.78 is 0. The smallest absolute Gasteiger partial charge is 0.0716 e. The lowest BCUT2D eigenvalue weighted by Gasteiger charge is -2.37. The molecule has 0 atom stereocenters. The molecule has 0 spiro atoms. The van der Waals surface area contributed by atoms with E-state index in [0.717, 1.165) is 24.1 Å². The number of aliphatic hydroxyl groups is 2. The van der Waals surface area contributed by atoms with Gasteiger partial charge in [0, 0.05) is 28.9 Å². The van der Waals surface area contributed by atoms with Gasteiger partial charge in [-0.2, -0.15) is 0 Å². The molecule has 1 fully saturated rings. The largest absolute Gasteiger partial charge is 0.395 e. The van der Waals surface area contributed by atoms with Gasteiger partial charge in [0.25, 0.3) is 0 Å². The SMILES string of the molecule is OCCN(c1cccc(Cl)c1CO)C1CCCCC1. The van der Waals surface area contributed by atoms with Crippen molar-refractivity contribution in [2.24, 2.45) is 0 Å². The molecule has 1 aromatic carbocycles. The van der Waals surface area contributed by atoms with Crippen molar-refractivity contribution in [1.29, 1.82) is 0 Å². The van der Waals surface area contributed by atoms with Crippen molar-refractivity contribution in [2.45, 2.75) is 44.8 Å². The van der Waals surface area contributed by atoms with Crippen molar-refractivity contribution in [2.75, 3.05) is 18.1 Å². The van der Waals surface area contributed by atoms with Gasteiger partial charge in [0.1, 0.15) is 0 Å². The van der Waals surface area contributed by atoms with Gasteiger partial charge in [-0.3, -0.25) is 0 Å². The van der Waals surface area contributed by atoms with Crippen LogP contribution in [0.25, 0.3) is 0 Å². The predicted molar refractivity (Wildman–Crippen MR) is 78.7 cm³/mol. The highest BCUT2D eigenvalue weighted by Crippen LogP contribution is 2.32. The Hall–Kier alpha value is -0.770. The molecular weight excluding hydrogens is 262 g/mol. The van der Waals surface area contributed by atoms with Crippen LogP contribution in [0.5, 0.6) is 0 Å². The molecule has 2 N–H and O–H groups in total. The second-order valence-electron chi connectivity index (χ2n) is 5.10. The van der Waals surface area contributed by atoms with Gasteiger partial charge >= 0.3 is 0 Å². The van der Waals surface area contributed by atoms with E-state index in [4.69, 9.17) is 11.6 Å². The topological polar surface area (TPSA) is 43.7 Å². The highest BCUT2D eigenvalue weighted by atomic mass is 35.5. The summed E-state index contributed by atoms with van der Waals surface area (Å²) in [6.07, 6.45) is 6.07.